The standard InChI is InChI=1S/C32H49N5O5/c1-22(2)20-26-27-34-25(23-14-10-9-11-15-23)21-36(27)18-19-37(26)28(38)24(35-30(40)42-32(6,7)8)16-12-13-17-33-29(39)41-31(3,4)5/h9-11,14-15,21-22,24,26H,12-13,16-20H2,1-8H3,(H,33,39)(H,35,40). The van der Waals surface area contributed by atoms with Gasteiger partial charge in [0.1, 0.15) is 23.1 Å². The lowest BCUT2D eigenvalue weighted by Crippen LogP contribution is -2.53. The van der Waals surface area contributed by atoms with Crippen molar-refractivity contribution in [3.8, 4) is 11.3 Å². The summed E-state index contributed by atoms with van der Waals surface area (Å²) >= 11 is 0. The highest BCUT2D eigenvalue weighted by molar-refractivity contribution is 5.86. The van der Waals surface area contributed by atoms with Gasteiger partial charge in [-0.1, -0.05) is 44.2 Å². The Bertz CT molecular complexity index is 1200. The van der Waals surface area contributed by atoms with E-state index in [1.807, 2.05) is 56.0 Å². The normalized spacial score (nSPS) is 16.0. The number of alkyl carbamates (subject to hydrolysis) is 2. The summed E-state index contributed by atoms with van der Waals surface area (Å²) in [6, 6.07) is 9.04. The molecular weight excluding hydrogens is 534 g/mol. The van der Waals surface area contributed by atoms with Crippen molar-refractivity contribution >= 4 is 18.1 Å². The minimum Gasteiger partial charge on any atom is -0.444 e. The molecule has 1 aromatic heterocycles. The van der Waals surface area contributed by atoms with Gasteiger partial charge in [0.05, 0.1) is 11.7 Å². The van der Waals surface area contributed by atoms with Crippen LogP contribution in [0.4, 0.5) is 9.59 Å². The van der Waals surface area contributed by atoms with E-state index in [1.54, 1.807) is 20.8 Å². The molecule has 3 rings (SSSR count). The molecule has 2 unspecified atom stereocenters. The fourth-order valence-corrected chi connectivity index (χ4v) is 4.96. The number of aromatic nitrogens is 2. The van der Waals surface area contributed by atoms with Crippen molar-refractivity contribution in [3.63, 3.8) is 0 Å². The highest BCUT2D eigenvalue weighted by Crippen LogP contribution is 2.33. The molecule has 42 heavy (non-hydrogen) atoms. The Labute approximate surface area is 250 Å². The molecule has 0 radical (unpaired) electrons. The maximum Gasteiger partial charge on any atom is 0.408 e. The van der Waals surface area contributed by atoms with Gasteiger partial charge in [0, 0.05) is 31.4 Å². The molecule has 0 saturated carbocycles. The fourth-order valence-electron chi connectivity index (χ4n) is 4.96. The van der Waals surface area contributed by atoms with Crippen molar-refractivity contribution in [2.24, 2.45) is 5.92 Å². The molecule has 232 valence electrons. The molecule has 0 spiro atoms. The van der Waals surface area contributed by atoms with Crippen LogP contribution >= 0.6 is 0 Å². The van der Waals surface area contributed by atoms with Gasteiger partial charge in [-0.2, -0.15) is 0 Å². The molecule has 2 aromatic rings. The first kappa shape index (κ1) is 32.9. The molecule has 2 atom stereocenters. The van der Waals surface area contributed by atoms with Crippen molar-refractivity contribution in [1.82, 2.24) is 25.1 Å². The predicted molar refractivity (Wildman–Crippen MR) is 163 cm³/mol. The van der Waals surface area contributed by atoms with Crippen LogP contribution in [0.3, 0.4) is 0 Å². The van der Waals surface area contributed by atoms with Crippen LogP contribution in [0.25, 0.3) is 11.3 Å². The molecule has 0 bridgehead atoms. The van der Waals surface area contributed by atoms with Gasteiger partial charge in [-0.15, -0.1) is 0 Å². The summed E-state index contributed by atoms with van der Waals surface area (Å²) in [6.07, 6.45) is 3.35. The molecule has 3 amide bonds. The SMILES string of the molecule is CC(C)CC1c2nc(-c3ccccc3)cn2CCN1C(=O)C(CCCCNC(=O)OC(C)(C)C)NC(=O)OC(C)(C)C. The average molecular weight is 584 g/mol. The number of hydrogen-bond acceptors (Lipinski definition) is 6. The van der Waals surface area contributed by atoms with Crippen LogP contribution < -0.4 is 10.6 Å². The monoisotopic (exact) mass is 583 g/mol. The fraction of sp³-hybridized carbons (Fsp3) is 0.625. The summed E-state index contributed by atoms with van der Waals surface area (Å²) in [5.41, 5.74) is 0.648. The number of nitrogens with zero attached hydrogens (tertiary/aromatic N) is 3. The number of nitrogens with one attached hydrogen (secondary N) is 2. The maximum atomic E-state index is 14.1. The summed E-state index contributed by atoms with van der Waals surface area (Å²) in [6.45, 7) is 16.6. The Morgan fingerprint density at radius 2 is 1.60 bits per heavy atom. The van der Waals surface area contributed by atoms with Crippen LogP contribution in [0.5, 0.6) is 0 Å². The maximum absolute atomic E-state index is 14.1. The Hall–Kier alpha value is -3.56. The highest BCUT2D eigenvalue weighted by Gasteiger charge is 2.37. The van der Waals surface area contributed by atoms with Crippen LogP contribution in [0, 0.1) is 5.92 Å². The Morgan fingerprint density at radius 3 is 2.21 bits per heavy atom. The Kier molecular flexibility index (Phi) is 11.0. The lowest BCUT2D eigenvalue weighted by atomic mass is 9.98. The molecule has 1 aliphatic heterocycles. The number of imidazole rings is 1. The molecular formula is C32H49N5O5. The zero-order valence-electron chi connectivity index (χ0n) is 26.5. The molecule has 10 nitrogen and oxygen atoms in total. The van der Waals surface area contributed by atoms with E-state index in [1.165, 1.54) is 0 Å². The molecule has 10 heteroatoms. The second kappa shape index (κ2) is 14.1. The highest BCUT2D eigenvalue weighted by atomic mass is 16.6. The van der Waals surface area contributed by atoms with Gasteiger partial charge in [-0.25, -0.2) is 14.6 Å². The molecule has 1 aliphatic rings. The first-order valence-corrected chi connectivity index (χ1v) is 15.0. The van der Waals surface area contributed by atoms with Crippen LogP contribution in [0.1, 0.15) is 92.9 Å². The van der Waals surface area contributed by atoms with Gasteiger partial charge in [-0.05, 0) is 73.1 Å². The van der Waals surface area contributed by atoms with E-state index >= 15 is 0 Å². The van der Waals surface area contributed by atoms with E-state index in [-0.39, 0.29) is 11.9 Å². The van der Waals surface area contributed by atoms with Crippen LogP contribution in [-0.4, -0.2) is 62.9 Å². The summed E-state index contributed by atoms with van der Waals surface area (Å²) in [4.78, 5) is 45.8. The summed E-state index contributed by atoms with van der Waals surface area (Å²) in [7, 11) is 0. The van der Waals surface area contributed by atoms with Gasteiger partial charge >= 0.3 is 12.2 Å². The lowest BCUT2D eigenvalue weighted by molar-refractivity contribution is -0.138. The zero-order chi connectivity index (χ0) is 31.1. The Morgan fingerprint density at radius 1 is 0.952 bits per heavy atom. The number of amides is 3. The van der Waals surface area contributed by atoms with Crippen molar-refractivity contribution < 1.29 is 23.9 Å². The van der Waals surface area contributed by atoms with Crippen LogP contribution in [0.15, 0.2) is 36.5 Å². The summed E-state index contributed by atoms with van der Waals surface area (Å²) in [5, 5.41) is 5.59. The van der Waals surface area contributed by atoms with Crippen molar-refractivity contribution in [1.29, 1.82) is 0 Å². The van der Waals surface area contributed by atoms with Gasteiger partial charge in [0.15, 0.2) is 0 Å². The smallest absolute Gasteiger partial charge is 0.408 e. The summed E-state index contributed by atoms with van der Waals surface area (Å²) < 4.78 is 12.9. The third-order valence-corrected chi connectivity index (χ3v) is 6.69. The van der Waals surface area contributed by atoms with Gasteiger partial charge in [0.25, 0.3) is 0 Å². The number of rotatable bonds is 10. The van der Waals surface area contributed by atoms with E-state index in [0.717, 1.165) is 23.5 Å². The second-order valence-corrected chi connectivity index (χ2v) is 13.3. The van der Waals surface area contributed by atoms with Crippen molar-refractivity contribution in [2.45, 2.75) is 111 Å². The molecule has 2 heterocycles. The number of carbonyl (C=O) groups is 3. The minimum atomic E-state index is -0.772. The summed E-state index contributed by atoms with van der Waals surface area (Å²) in [5.74, 6) is 1.03. The van der Waals surface area contributed by atoms with Crippen molar-refractivity contribution in [2.75, 3.05) is 13.1 Å². The number of benzene rings is 1. The largest absolute Gasteiger partial charge is 0.444 e. The number of unbranched alkanes of at least 4 members (excludes halogenated alkanes) is 1. The van der Waals surface area contributed by atoms with E-state index < -0.39 is 29.4 Å². The zero-order valence-corrected chi connectivity index (χ0v) is 26.5. The Balaban J connectivity index is 1.76. The van der Waals surface area contributed by atoms with E-state index in [4.69, 9.17) is 14.5 Å². The van der Waals surface area contributed by atoms with Crippen LogP contribution in [-0.2, 0) is 20.8 Å². The van der Waals surface area contributed by atoms with E-state index in [2.05, 4.69) is 35.2 Å². The molecule has 0 saturated heterocycles. The molecule has 0 aliphatic carbocycles. The first-order chi connectivity index (χ1) is 19.6. The molecule has 1 aromatic carbocycles. The van der Waals surface area contributed by atoms with E-state index in [9.17, 15) is 14.4 Å². The third kappa shape index (κ3) is 10.1. The first-order valence-electron chi connectivity index (χ1n) is 15.0. The second-order valence-electron chi connectivity index (χ2n) is 13.3. The topological polar surface area (TPSA) is 115 Å². The van der Waals surface area contributed by atoms with Gasteiger partial charge in [0.2, 0.25) is 5.91 Å². The number of ether oxygens (including phenoxy) is 2. The molecule has 2 N–H and O–H groups in total. The number of fused-ring (bicyclic) bond motifs is 1. The quantitative estimate of drug-likeness (QED) is 0.328. The lowest BCUT2D eigenvalue weighted by Gasteiger charge is -2.39. The number of hydrogen-bond donors (Lipinski definition) is 2. The number of carbonyl (C=O) groups excluding carboxylic acids is 3. The van der Waals surface area contributed by atoms with Gasteiger partial charge in [-0.3, -0.25) is 4.79 Å². The third-order valence-electron chi connectivity index (χ3n) is 6.69. The average Bonchev–Trinajstić information content (AvgIpc) is 3.31. The van der Waals surface area contributed by atoms with Crippen LogP contribution in [0.2, 0.25) is 0 Å². The minimum absolute atomic E-state index is 0.151. The molecule has 0 fully saturated rings. The van der Waals surface area contributed by atoms with Gasteiger partial charge < -0.3 is 29.6 Å². The van der Waals surface area contributed by atoms with E-state index in [0.29, 0.717) is 44.8 Å². The van der Waals surface area contributed by atoms with Crippen molar-refractivity contribution in [3.05, 3.63) is 42.4 Å². The predicted octanol–water partition coefficient (Wildman–Crippen LogP) is 6.07.